The summed E-state index contributed by atoms with van der Waals surface area (Å²) in [6.07, 6.45) is 0.799. The Hall–Kier alpha value is -2.60. The number of hydrogen-bond acceptors (Lipinski definition) is 6. The zero-order valence-electron chi connectivity index (χ0n) is 12.3. The van der Waals surface area contributed by atoms with E-state index < -0.39 is 46.2 Å². The largest absolute Gasteiger partial charge is 0.295 e. The van der Waals surface area contributed by atoms with Gasteiger partial charge in [-0.15, -0.1) is 0 Å². The van der Waals surface area contributed by atoms with Gasteiger partial charge in [-0.3, -0.25) is 19.2 Å². The van der Waals surface area contributed by atoms with Crippen molar-refractivity contribution in [3.05, 3.63) is 69.8 Å². The number of hydrogen-bond donors (Lipinski definition) is 2. The Kier molecular flexibility index (Phi) is 5.04. The molecule has 0 heterocycles. The van der Waals surface area contributed by atoms with E-state index in [9.17, 15) is 36.1 Å². The lowest BCUT2D eigenvalue weighted by Gasteiger charge is -2.06. The molecule has 0 aromatic heterocycles. The fourth-order valence-corrected chi connectivity index (χ4v) is 3.49. The molecule has 0 saturated carbocycles. The third-order valence-electron chi connectivity index (χ3n) is 3.13. The fraction of sp³-hybridized carbons (Fsp3) is 0. The van der Waals surface area contributed by atoms with Crippen molar-refractivity contribution in [1.29, 1.82) is 0 Å². The molecule has 0 unspecified atom stereocenters. The standard InChI is InChI=1S/C14H11NO8S2/c16-15(17)12(11-6-2-4-8-14(11)25(21,22)23)9-10-5-1-3-7-13(10)24(18,19)20/h1-9H,(H,18,19,20)(H,21,22,23). The molecule has 0 aliphatic heterocycles. The van der Waals surface area contributed by atoms with Crippen molar-refractivity contribution in [2.75, 3.05) is 0 Å². The Morgan fingerprint density at radius 3 is 1.88 bits per heavy atom. The lowest BCUT2D eigenvalue weighted by molar-refractivity contribution is -0.374. The van der Waals surface area contributed by atoms with Gasteiger partial charge in [-0.2, -0.15) is 16.8 Å². The third-order valence-corrected chi connectivity index (χ3v) is 4.97. The molecule has 11 heteroatoms. The van der Waals surface area contributed by atoms with Crippen molar-refractivity contribution in [2.45, 2.75) is 9.79 Å². The average Bonchev–Trinajstić information content (AvgIpc) is 2.51. The second-order valence-corrected chi connectivity index (χ2v) is 7.55. The Morgan fingerprint density at radius 1 is 0.880 bits per heavy atom. The van der Waals surface area contributed by atoms with Crippen LogP contribution in [0.3, 0.4) is 0 Å². The second kappa shape index (κ2) is 6.72. The molecule has 0 radical (unpaired) electrons. The maximum atomic E-state index is 11.4. The van der Waals surface area contributed by atoms with E-state index in [2.05, 4.69) is 0 Å². The van der Waals surface area contributed by atoms with Crippen molar-refractivity contribution < 1.29 is 30.9 Å². The van der Waals surface area contributed by atoms with Crippen LogP contribution in [0.2, 0.25) is 0 Å². The van der Waals surface area contributed by atoms with Gasteiger partial charge in [-0.05, 0) is 18.2 Å². The summed E-state index contributed by atoms with van der Waals surface area (Å²) in [5.74, 6) is 0. The van der Waals surface area contributed by atoms with E-state index >= 15 is 0 Å². The van der Waals surface area contributed by atoms with Crippen LogP contribution in [0.1, 0.15) is 11.1 Å². The van der Waals surface area contributed by atoms with Crippen molar-refractivity contribution in [1.82, 2.24) is 0 Å². The summed E-state index contributed by atoms with van der Waals surface area (Å²) < 4.78 is 64.1. The quantitative estimate of drug-likeness (QED) is 0.343. The Bertz CT molecular complexity index is 1070. The second-order valence-electron chi connectivity index (χ2n) is 4.77. The summed E-state index contributed by atoms with van der Waals surface area (Å²) in [6.45, 7) is 0. The number of rotatable bonds is 5. The van der Waals surface area contributed by atoms with Crippen molar-refractivity contribution in [3.8, 4) is 0 Å². The fourth-order valence-electron chi connectivity index (χ4n) is 2.11. The smallest absolute Gasteiger partial charge is 0.282 e. The minimum atomic E-state index is -4.76. The maximum absolute atomic E-state index is 11.4. The molecule has 132 valence electrons. The SMILES string of the molecule is O=[N+]([O-])C(=Cc1ccccc1S(=O)(=O)O)c1ccccc1S(=O)(=O)O. The zero-order chi connectivity index (χ0) is 18.8. The maximum Gasteiger partial charge on any atom is 0.295 e. The first kappa shape index (κ1) is 18.7. The van der Waals surface area contributed by atoms with E-state index in [1.54, 1.807) is 0 Å². The first-order chi connectivity index (χ1) is 11.5. The van der Waals surface area contributed by atoms with E-state index in [1.807, 2.05) is 0 Å². The van der Waals surface area contributed by atoms with Gasteiger partial charge < -0.3 is 0 Å². The molecule has 0 saturated heterocycles. The van der Waals surface area contributed by atoms with Crippen LogP contribution in [-0.2, 0) is 20.2 Å². The molecule has 2 rings (SSSR count). The van der Waals surface area contributed by atoms with Crippen LogP contribution in [0.5, 0.6) is 0 Å². The van der Waals surface area contributed by atoms with Crippen molar-refractivity contribution >= 4 is 32.0 Å². The van der Waals surface area contributed by atoms with Crippen LogP contribution in [0.4, 0.5) is 0 Å². The molecule has 0 fully saturated rings. The minimum Gasteiger partial charge on any atom is -0.282 e. The van der Waals surface area contributed by atoms with E-state index in [0.29, 0.717) is 0 Å². The molecular weight excluding hydrogens is 374 g/mol. The predicted octanol–water partition coefficient (Wildman–Crippen LogP) is 1.95. The molecule has 0 spiro atoms. The highest BCUT2D eigenvalue weighted by molar-refractivity contribution is 7.86. The van der Waals surface area contributed by atoms with Gasteiger partial charge in [0.2, 0.25) is 0 Å². The summed E-state index contributed by atoms with van der Waals surface area (Å²) in [7, 11) is -9.42. The lowest BCUT2D eigenvalue weighted by atomic mass is 10.1. The molecule has 25 heavy (non-hydrogen) atoms. The molecule has 0 aliphatic carbocycles. The molecule has 2 N–H and O–H groups in total. The van der Waals surface area contributed by atoms with Crippen LogP contribution < -0.4 is 0 Å². The number of nitro groups is 1. The molecule has 9 nitrogen and oxygen atoms in total. The molecule has 2 aromatic rings. The van der Waals surface area contributed by atoms with Crippen LogP contribution >= 0.6 is 0 Å². The summed E-state index contributed by atoms with van der Waals surface area (Å²) in [5, 5.41) is 11.4. The van der Waals surface area contributed by atoms with Gasteiger partial charge in [0, 0.05) is 11.6 Å². The van der Waals surface area contributed by atoms with Gasteiger partial charge in [0.25, 0.3) is 25.9 Å². The summed E-state index contributed by atoms with van der Waals surface area (Å²) in [6, 6.07) is 9.55. The Balaban J connectivity index is 2.80. The minimum absolute atomic E-state index is 0.221. The number of nitrogens with zero attached hydrogens (tertiary/aromatic N) is 1. The molecule has 0 bridgehead atoms. The van der Waals surface area contributed by atoms with Crippen LogP contribution in [0.15, 0.2) is 58.3 Å². The van der Waals surface area contributed by atoms with Crippen LogP contribution in [0.25, 0.3) is 11.8 Å². The molecule has 0 amide bonds. The molecule has 0 atom stereocenters. The lowest BCUT2D eigenvalue weighted by Crippen LogP contribution is -2.07. The predicted molar refractivity (Wildman–Crippen MR) is 87.4 cm³/mol. The van der Waals surface area contributed by atoms with Gasteiger partial charge in [-0.1, -0.05) is 30.3 Å². The molecule has 0 aliphatic rings. The molecule has 2 aromatic carbocycles. The summed E-state index contributed by atoms with van der Waals surface area (Å²) in [4.78, 5) is 9.18. The molecular formula is C14H11NO8S2. The van der Waals surface area contributed by atoms with Crippen LogP contribution in [-0.4, -0.2) is 30.9 Å². The van der Waals surface area contributed by atoms with Crippen LogP contribution in [0, 0.1) is 10.1 Å². The highest BCUT2D eigenvalue weighted by Crippen LogP contribution is 2.27. The normalized spacial score (nSPS) is 12.8. The summed E-state index contributed by atoms with van der Waals surface area (Å²) >= 11 is 0. The third kappa shape index (κ3) is 4.28. The van der Waals surface area contributed by atoms with Crippen molar-refractivity contribution in [2.24, 2.45) is 0 Å². The van der Waals surface area contributed by atoms with Gasteiger partial charge in [-0.25, -0.2) is 0 Å². The van der Waals surface area contributed by atoms with E-state index in [4.69, 9.17) is 0 Å². The zero-order valence-corrected chi connectivity index (χ0v) is 13.9. The van der Waals surface area contributed by atoms with Gasteiger partial charge in [0.15, 0.2) is 0 Å². The van der Waals surface area contributed by atoms with Gasteiger partial charge in [0.05, 0.1) is 10.5 Å². The Morgan fingerprint density at radius 2 is 1.36 bits per heavy atom. The first-order valence-corrected chi connectivity index (χ1v) is 9.39. The average molecular weight is 385 g/mol. The van der Waals surface area contributed by atoms with Gasteiger partial charge in [0.1, 0.15) is 9.79 Å². The van der Waals surface area contributed by atoms with Crippen molar-refractivity contribution in [3.63, 3.8) is 0 Å². The highest BCUT2D eigenvalue weighted by atomic mass is 32.2. The topological polar surface area (TPSA) is 152 Å². The van der Waals surface area contributed by atoms with E-state index in [0.717, 1.165) is 24.3 Å². The summed E-state index contributed by atoms with van der Waals surface area (Å²) in [5.41, 5.74) is -1.42. The van der Waals surface area contributed by atoms with E-state index in [-0.39, 0.29) is 5.56 Å². The first-order valence-electron chi connectivity index (χ1n) is 6.51. The Labute approximate surface area is 142 Å². The number of benzene rings is 2. The monoisotopic (exact) mass is 385 g/mol. The van der Waals surface area contributed by atoms with Gasteiger partial charge >= 0.3 is 0 Å². The highest BCUT2D eigenvalue weighted by Gasteiger charge is 2.25. The van der Waals surface area contributed by atoms with E-state index in [1.165, 1.54) is 30.3 Å².